The fraction of sp³-hybridized carbons (Fsp3) is 0.556. The molecule has 0 radical (unpaired) electrons. The van der Waals surface area contributed by atoms with Crippen molar-refractivity contribution in [1.82, 2.24) is 14.3 Å². The number of hydrogen-bond donors (Lipinski definition) is 2. The number of amides is 1. The van der Waals surface area contributed by atoms with Gasteiger partial charge in [-0.1, -0.05) is 19.4 Å². The van der Waals surface area contributed by atoms with Gasteiger partial charge in [-0.05, 0) is 31.4 Å². The first-order chi connectivity index (χ1) is 11.9. The molecule has 0 bridgehead atoms. The van der Waals surface area contributed by atoms with E-state index >= 15 is 0 Å². The summed E-state index contributed by atoms with van der Waals surface area (Å²) in [7, 11) is 0. The smallest absolute Gasteiger partial charge is 0.277 e. The van der Waals surface area contributed by atoms with Gasteiger partial charge in [-0.3, -0.25) is 9.20 Å². The van der Waals surface area contributed by atoms with Gasteiger partial charge in [-0.15, -0.1) is 0 Å². The van der Waals surface area contributed by atoms with Crippen LogP contribution in [0.15, 0.2) is 18.3 Å². The highest BCUT2D eigenvalue weighted by atomic mass is 19.1. The zero-order valence-electron chi connectivity index (χ0n) is 14.6. The van der Waals surface area contributed by atoms with Crippen LogP contribution in [0.5, 0.6) is 0 Å². The lowest BCUT2D eigenvalue weighted by Crippen LogP contribution is -2.54. The number of β-amino-alcohol motifs (C(OH)–C–C–N with tert-alkyl or cyclic N) is 1. The Bertz CT molecular complexity index is 791. The molecule has 1 fully saturated rings. The maximum absolute atomic E-state index is 14.6. The van der Waals surface area contributed by atoms with Crippen LogP contribution >= 0.6 is 0 Å². The van der Waals surface area contributed by atoms with Crippen LogP contribution in [0.3, 0.4) is 0 Å². The first kappa shape index (κ1) is 17.8. The number of likely N-dealkylation sites (tertiary alicyclic amines) is 1. The minimum absolute atomic E-state index is 0.0751. The molecule has 25 heavy (non-hydrogen) atoms. The Morgan fingerprint density at radius 2 is 2.24 bits per heavy atom. The zero-order valence-corrected chi connectivity index (χ0v) is 14.6. The maximum Gasteiger partial charge on any atom is 0.277 e. The van der Waals surface area contributed by atoms with Crippen LogP contribution in [-0.4, -0.2) is 56.2 Å². The molecule has 2 aromatic heterocycles. The van der Waals surface area contributed by atoms with Crippen LogP contribution in [-0.2, 0) is 0 Å². The van der Waals surface area contributed by atoms with Crippen LogP contribution < -0.4 is 0 Å². The summed E-state index contributed by atoms with van der Waals surface area (Å²) in [5.41, 5.74) is 0.424. The van der Waals surface area contributed by atoms with E-state index in [1.165, 1.54) is 9.30 Å². The summed E-state index contributed by atoms with van der Waals surface area (Å²) in [5, 5.41) is 20.2. The Morgan fingerprint density at radius 3 is 2.88 bits per heavy atom. The number of aliphatic hydroxyl groups excluding tert-OH is 2. The molecule has 0 aromatic carbocycles. The summed E-state index contributed by atoms with van der Waals surface area (Å²) in [5.74, 6) is -1.22. The summed E-state index contributed by atoms with van der Waals surface area (Å²) >= 11 is 0. The van der Waals surface area contributed by atoms with E-state index in [4.69, 9.17) is 0 Å². The first-order valence-corrected chi connectivity index (χ1v) is 8.64. The molecule has 2 aromatic rings. The molecule has 1 aliphatic rings. The molecule has 0 spiro atoms. The van der Waals surface area contributed by atoms with Crippen LogP contribution in [0.4, 0.5) is 4.39 Å². The van der Waals surface area contributed by atoms with Crippen LogP contribution in [0.25, 0.3) is 5.65 Å². The van der Waals surface area contributed by atoms with Crippen LogP contribution in [0.1, 0.15) is 42.2 Å². The Kier molecular flexibility index (Phi) is 4.79. The molecule has 3 heterocycles. The number of hydrogen-bond acceptors (Lipinski definition) is 4. The van der Waals surface area contributed by atoms with Gasteiger partial charge < -0.3 is 15.1 Å². The van der Waals surface area contributed by atoms with E-state index < -0.39 is 23.4 Å². The fourth-order valence-corrected chi connectivity index (χ4v) is 3.66. The molecule has 136 valence electrons. The normalized spacial score (nSPS) is 24.0. The van der Waals surface area contributed by atoms with Crippen molar-refractivity contribution in [3.05, 3.63) is 35.5 Å². The highest BCUT2D eigenvalue weighted by molar-refractivity contribution is 5.93. The second-order valence-electron chi connectivity index (χ2n) is 6.97. The third kappa shape index (κ3) is 3.02. The Labute approximate surface area is 145 Å². The summed E-state index contributed by atoms with van der Waals surface area (Å²) in [6, 6.07) is 3.47. The minimum atomic E-state index is -0.836. The topological polar surface area (TPSA) is 78.1 Å². The molecule has 0 unspecified atom stereocenters. The van der Waals surface area contributed by atoms with E-state index in [1.54, 1.807) is 18.3 Å². The van der Waals surface area contributed by atoms with Gasteiger partial charge in [0, 0.05) is 24.7 Å². The lowest BCUT2D eigenvalue weighted by Gasteiger charge is -2.44. The van der Waals surface area contributed by atoms with Crippen molar-refractivity contribution in [3.63, 3.8) is 0 Å². The third-order valence-electron chi connectivity index (χ3n) is 5.24. The fourth-order valence-electron chi connectivity index (χ4n) is 3.66. The van der Waals surface area contributed by atoms with Crippen molar-refractivity contribution in [2.24, 2.45) is 5.41 Å². The summed E-state index contributed by atoms with van der Waals surface area (Å²) in [4.78, 5) is 18.2. The van der Waals surface area contributed by atoms with Gasteiger partial charge in [0.2, 0.25) is 5.95 Å². The summed E-state index contributed by atoms with van der Waals surface area (Å²) in [6.07, 6.45) is 2.77. The number of aromatic nitrogens is 2. The van der Waals surface area contributed by atoms with E-state index in [9.17, 15) is 19.4 Å². The van der Waals surface area contributed by atoms with E-state index in [0.717, 1.165) is 12.0 Å². The van der Waals surface area contributed by atoms with Gasteiger partial charge >= 0.3 is 0 Å². The molecular weight excluding hydrogens is 325 g/mol. The maximum atomic E-state index is 14.6. The molecule has 1 amide bonds. The van der Waals surface area contributed by atoms with Gasteiger partial charge in [0.15, 0.2) is 5.69 Å². The second kappa shape index (κ2) is 6.72. The number of aliphatic hydroxyl groups is 2. The molecule has 0 saturated carbocycles. The van der Waals surface area contributed by atoms with Gasteiger partial charge in [0.25, 0.3) is 5.91 Å². The highest BCUT2D eigenvalue weighted by Crippen LogP contribution is 2.36. The van der Waals surface area contributed by atoms with Crippen LogP contribution in [0, 0.1) is 18.3 Å². The average Bonchev–Trinajstić information content (AvgIpc) is 2.92. The zero-order chi connectivity index (χ0) is 18.2. The van der Waals surface area contributed by atoms with Crippen molar-refractivity contribution in [2.45, 2.75) is 39.2 Å². The quantitative estimate of drug-likeness (QED) is 0.882. The molecule has 2 atom stereocenters. The monoisotopic (exact) mass is 349 g/mol. The number of nitrogens with zero attached hydrogens (tertiary/aromatic N) is 3. The van der Waals surface area contributed by atoms with E-state index in [-0.39, 0.29) is 18.8 Å². The largest absolute Gasteiger partial charge is 0.396 e. The molecule has 2 N–H and O–H groups in total. The van der Waals surface area contributed by atoms with Gasteiger partial charge in [0.1, 0.15) is 5.65 Å². The molecule has 0 aliphatic carbocycles. The number of piperidine rings is 1. The number of pyridine rings is 1. The number of fused-ring (bicyclic) bond motifs is 1. The Balaban J connectivity index is 1.84. The predicted octanol–water partition coefficient (Wildman–Crippen LogP) is 1.77. The van der Waals surface area contributed by atoms with E-state index in [1.807, 2.05) is 13.8 Å². The van der Waals surface area contributed by atoms with Crippen molar-refractivity contribution in [3.8, 4) is 0 Å². The average molecular weight is 349 g/mol. The van der Waals surface area contributed by atoms with Crippen molar-refractivity contribution in [2.75, 3.05) is 19.7 Å². The van der Waals surface area contributed by atoms with Crippen molar-refractivity contribution >= 4 is 11.6 Å². The number of carbonyl (C=O) groups is 1. The predicted molar refractivity (Wildman–Crippen MR) is 90.8 cm³/mol. The Morgan fingerprint density at radius 1 is 1.48 bits per heavy atom. The number of halogens is 1. The van der Waals surface area contributed by atoms with E-state index in [0.29, 0.717) is 25.0 Å². The number of carbonyl (C=O) groups excluding carboxylic acids is 1. The second-order valence-corrected chi connectivity index (χ2v) is 6.97. The van der Waals surface area contributed by atoms with E-state index in [2.05, 4.69) is 4.98 Å². The number of rotatable bonds is 4. The lowest BCUT2D eigenvalue weighted by molar-refractivity contribution is -0.0714. The number of aryl methyl sites for hydroxylation is 1. The molecule has 6 nitrogen and oxygen atoms in total. The molecule has 1 saturated heterocycles. The molecule has 1 aliphatic heterocycles. The first-order valence-electron chi connectivity index (χ1n) is 8.64. The summed E-state index contributed by atoms with van der Waals surface area (Å²) < 4.78 is 15.9. The van der Waals surface area contributed by atoms with Crippen molar-refractivity contribution in [1.29, 1.82) is 0 Å². The highest BCUT2D eigenvalue weighted by Gasteiger charge is 2.43. The third-order valence-corrected chi connectivity index (χ3v) is 5.24. The van der Waals surface area contributed by atoms with Crippen LogP contribution in [0.2, 0.25) is 0 Å². The summed E-state index contributed by atoms with van der Waals surface area (Å²) in [6.45, 7) is 4.15. The van der Waals surface area contributed by atoms with Crippen molar-refractivity contribution < 1.29 is 19.4 Å². The molecule has 7 heteroatoms. The van der Waals surface area contributed by atoms with Gasteiger partial charge in [-0.2, -0.15) is 4.39 Å². The van der Waals surface area contributed by atoms with Gasteiger partial charge in [-0.25, -0.2) is 4.98 Å². The standard InChI is InChI=1S/C18H24FN3O3/c1-3-6-18(11-23)7-8-21(10-13(18)24)17(25)15-16(19)22-9-12(2)4-5-14(22)20-15/h4-5,9,13,23-24H,3,6-8,10-11H2,1-2H3/t13-,18-/m1/s1. The number of imidazole rings is 1. The minimum Gasteiger partial charge on any atom is -0.396 e. The molecular formula is C18H24FN3O3. The lowest BCUT2D eigenvalue weighted by atomic mass is 9.73. The molecule has 3 rings (SSSR count). The SMILES string of the molecule is CCC[C@]1(CO)CCN(C(=O)c2nc3ccc(C)cn3c2F)C[C@H]1O. The Hall–Kier alpha value is -1.99. The van der Waals surface area contributed by atoms with Gasteiger partial charge in [0.05, 0.1) is 12.7 Å².